The van der Waals surface area contributed by atoms with Gasteiger partial charge in [0.15, 0.2) is 5.52 Å². The van der Waals surface area contributed by atoms with E-state index >= 15 is 0 Å². The number of hydrogen-bond donors (Lipinski definition) is 0. The molecule has 0 bridgehead atoms. The Balaban J connectivity index is 2.01. The maximum atomic E-state index is 12.5. The van der Waals surface area contributed by atoms with E-state index in [1.807, 2.05) is 20.2 Å². The Bertz CT molecular complexity index is 795. The Kier molecular flexibility index (Phi) is 3.81. The summed E-state index contributed by atoms with van der Waals surface area (Å²) in [6.07, 6.45) is 3.23. The van der Waals surface area contributed by atoms with Crippen molar-refractivity contribution >= 4 is 22.4 Å². The van der Waals surface area contributed by atoms with Gasteiger partial charge in [-0.2, -0.15) is 0 Å². The van der Waals surface area contributed by atoms with Crippen LogP contribution in [0.5, 0.6) is 0 Å². The first-order valence-corrected chi connectivity index (χ1v) is 7.55. The molecule has 6 heteroatoms. The first-order valence-electron chi connectivity index (χ1n) is 6.67. The molecule has 21 heavy (non-hydrogen) atoms. The van der Waals surface area contributed by atoms with Gasteiger partial charge in [0, 0.05) is 17.6 Å². The van der Waals surface area contributed by atoms with Gasteiger partial charge in [0.05, 0.1) is 17.9 Å². The fourth-order valence-corrected chi connectivity index (χ4v) is 3.20. The Morgan fingerprint density at radius 3 is 2.86 bits per heavy atom. The third-order valence-electron chi connectivity index (χ3n) is 3.45. The highest BCUT2D eigenvalue weighted by molar-refractivity contribution is 7.10. The van der Waals surface area contributed by atoms with Gasteiger partial charge in [-0.25, -0.2) is 9.97 Å². The second-order valence-corrected chi connectivity index (χ2v) is 6.05. The summed E-state index contributed by atoms with van der Waals surface area (Å²) in [5, 5.41) is 2.05. The summed E-state index contributed by atoms with van der Waals surface area (Å²) >= 11 is 1.70. The van der Waals surface area contributed by atoms with Crippen LogP contribution in [-0.2, 0) is 6.54 Å². The summed E-state index contributed by atoms with van der Waals surface area (Å²) in [4.78, 5) is 24.3. The number of rotatable bonds is 4. The SMILES string of the molecule is CN(C)C(Cn1cnc2cccnc2c1=O)c1cccs1. The number of fused-ring (bicyclic) bond motifs is 1. The standard InChI is InChI=1S/C15H16N4OS/c1-18(2)12(13-6-4-8-21-13)9-19-10-17-11-5-3-7-16-14(11)15(19)20/h3-8,10,12H,9H2,1-2H3. The Morgan fingerprint density at radius 2 is 2.14 bits per heavy atom. The molecule has 0 fully saturated rings. The van der Waals surface area contributed by atoms with E-state index in [1.165, 1.54) is 4.88 Å². The molecule has 3 heterocycles. The van der Waals surface area contributed by atoms with Crippen LogP contribution in [0.4, 0.5) is 0 Å². The van der Waals surface area contributed by atoms with Crippen molar-refractivity contribution in [2.45, 2.75) is 12.6 Å². The molecule has 3 aromatic rings. The number of hydrogen-bond acceptors (Lipinski definition) is 5. The molecule has 0 N–H and O–H groups in total. The molecule has 3 aromatic heterocycles. The van der Waals surface area contributed by atoms with Crippen LogP contribution < -0.4 is 5.56 Å². The predicted molar refractivity (Wildman–Crippen MR) is 84.5 cm³/mol. The maximum absolute atomic E-state index is 12.5. The van der Waals surface area contributed by atoms with E-state index in [-0.39, 0.29) is 11.6 Å². The van der Waals surface area contributed by atoms with Crippen molar-refractivity contribution in [2.24, 2.45) is 0 Å². The molecular weight excluding hydrogens is 284 g/mol. The molecule has 0 amide bonds. The lowest BCUT2D eigenvalue weighted by Crippen LogP contribution is -2.30. The third-order valence-corrected chi connectivity index (χ3v) is 4.42. The van der Waals surface area contributed by atoms with Gasteiger partial charge in [-0.3, -0.25) is 9.36 Å². The highest BCUT2D eigenvalue weighted by Crippen LogP contribution is 2.24. The lowest BCUT2D eigenvalue weighted by atomic mass is 10.2. The van der Waals surface area contributed by atoms with Crippen LogP contribution in [0, 0.1) is 0 Å². The van der Waals surface area contributed by atoms with Crippen molar-refractivity contribution in [1.29, 1.82) is 0 Å². The monoisotopic (exact) mass is 300 g/mol. The molecule has 1 atom stereocenters. The first-order chi connectivity index (χ1) is 10.2. The van der Waals surface area contributed by atoms with Crippen LogP contribution in [0.25, 0.3) is 11.0 Å². The Morgan fingerprint density at radius 1 is 1.29 bits per heavy atom. The average Bonchev–Trinajstić information content (AvgIpc) is 3.00. The summed E-state index contributed by atoms with van der Waals surface area (Å²) in [5.41, 5.74) is 0.962. The minimum atomic E-state index is -0.0935. The lowest BCUT2D eigenvalue weighted by Gasteiger charge is -2.23. The van der Waals surface area contributed by atoms with Crippen LogP contribution in [0.1, 0.15) is 10.9 Å². The molecule has 1 unspecified atom stereocenters. The minimum absolute atomic E-state index is 0.0935. The fourth-order valence-electron chi connectivity index (χ4n) is 2.29. The zero-order valence-corrected chi connectivity index (χ0v) is 12.7. The topological polar surface area (TPSA) is 51.0 Å². The van der Waals surface area contributed by atoms with Gasteiger partial charge >= 0.3 is 0 Å². The van der Waals surface area contributed by atoms with Gasteiger partial charge in [-0.05, 0) is 37.7 Å². The van der Waals surface area contributed by atoms with E-state index in [2.05, 4.69) is 26.3 Å². The molecule has 0 radical (unpaired) electrons. The van der Waals surface area contributed by atoms with Crippen molar-refractivity contribution in [3.63, 3.8) is 0 Å². The van der Waals surface area contributed by atoms with Crippen molar-refractivity contribution in [3.05, 3.63) is 57.4 Å². The van der Waals surface area contributed by atoms with Crippen molar-refractivity contribution in [3.8, 4) is 0 Å². The third kappa shape index (κ3) is 2.72. The summed E-state index contributed by atoms with van der Waals surface area (Å²) in [7, 11) is 4.03. The second kappa shape index (κ2) is 5.75. The van der Waals surface area contributed by atoms with Crippen LogP contribution in [0.15, 0.2) is 47.0 Å². The number of aromatic nitrogens is 3. The molecule has 0 aromatic carbocycles. The molecule has 108 valence electrons. The largest absolute Gasteiger partial charge is 0.300 e. The van der Waals surface area contributed by atoms with E-state index in [1.54, 1.807) is 40.6 Å². The van der Waals surface area contributed by atoms with Crippen LogP contribution in [0.2, 0.25) is 0 Å². The summed E-state index contributed by atoms with van der Waals surface area (Å²) in [6, 6.07) is 7.85. The molecule has 0 aliphatic heterocycles. The van der Waals surface area contributed by atoms with Crippen molar-refractivity contribution < 1.29 is 0 Å². The molecule has 3 rings (SSSR count). The van der Waals surface area contributed by atoms with E-state index in [4.69, 9.17) is 0 Å². The minimum Gasteiger partial charge on any atom is -0.300 e. The highest BCUT2D eigenvalue weighted by atomic mass is 32.1. The van der Waals surface area contributed by atoms with E-state index in [0.717, 1.165) is 0 Å². The van der Waals surface area contributed by atoms with Gasteiger partial charge in [-0.15, -0.1) is 11.3 Å². The molecule has 0 aliphatic carbocycles. The summed E-state index contributed by atoms with van der Waals surface area (Å²) < 4.78 is 1.64. The molecular formula is C15H16N4OS. The lowest BCUT2D eigenvalue weighted by molar-refractivity contribution is 0.270. The highest BCUT2D eigenvalue weighted by Gasteiger charge is 2.17. The molecule has 0 spiro atoms. The zero-order chi connectivity index (χ0) is 14.8. The van der Waals surface area contributed by atoms with E-state index in [9.17, 15) is 4.79 Å². The van der Waals surface area contributed by atoms with Gasteiger partial charge in [0.25, 0.3) is 5.56 Å². The van der Waals surface area contributed by atoms with Gasteiger partial charge < -0.3 is 4.90 Å². The van der Waals surface area contributed by atoms with Gasteiger partial charge in [0.1, 0.15) is 0 Å². The van der Waals surface area contributed by atoms with Crippen LogP contribution in [0.3, 0.4) is 0 Å². The normalized spacial score (nSPS) is 12.9. The predicted octanol–water partition coefficient (Wildman–Crippen LogP) is 2.16. The van der Waals surface area contributed by atoms with Crippen molar-refractivity contribution in [1.82, 2.24) is 19.4 Å². The summed E-state index contributed by atoms with van der Waals surface area (Å²) in [6.45, 7) is 0.561. The molecule has 0 saturated heterocycles. The van der Waals surface area contributed by atoms with Gasteiger partial charge in [-0.1, -0.05) is 6.07 Å². The number of nitrogens with zero attached hydrogens (tertiary/aromatic N) is 4. The molecule has 0 saturated carbocycles. The average molecular weight is 300 g/mol. The quantitative estimate of drug-likeness (QED) is 0.741. The molecule has 0 aliphatic rings. The fraction of sp³-hybridized carbons (Fsp3) is 0.267. The van der Waals surface area contributed by atoms with Crippen LogP contribution >= 0.6 is 11.3 Å². The number of pyridine rings is 1. The van der Waals surface area contributed by atoms with Gasteiger partial charge in [0.2, 0.25) is 0 Å². The van der Waals surface area contributed by atoms with Crippen LogP contribution in [-0.4, -0.2) is 33.5 Å². The zero-order valence-electron chi connectivity index (χ0n) is 11.9. The molecule has 5 nitrogen and oxygen atoms in total. The van der Waals surface area contributed by atoms with Crippen molar-refractivity contribution in [2.75, 3.05) is 14.1 Å². The Hall–Kier alpha value is -2.05. The van der Waals surface area contributed by atoms with E-state index < -0.39 is 0 Å². The summed E-state index contributed by atoms with van der Waals surface area (Å²) in [5.74, 6) is 0. The first kappa shape index (κ1) is 13.9. The Labute approximate surface area is 126 Å². The smallest absolute Gasteiger partial charge is 0.279 e. The second-order valence-electron chi connectivity index (χ2n) is 5.07. The van der Waals surface area contributed by atoms with E-state index in [0.29, 0.717) is 17.6 Å². The maximum Gasteiger partial charge on any atom is 0.279 e. The number of likely N-dealkylation sites (N-methyl/N-ethyl adjacent to an activating group) is 1. The number of thiophene rings is 1.